The molecular weight excluding hydrogens is 210 g/mol. The Bertz CT molecular complexity index is 279. The number of carbonyl (C=O) groups excluding carboxylic acids is 1. The first-order chi connectivity index (χ1) is 8.17. The van der Waals surface area contributed by atoms with Crippen molar-refractivity contribution < 1.29 is 4.79 Å². The molecule has 1 heterocycles. The van der Waals surface area contributed by atoms with Crippen molar-refractivity contribution in [2.45, 2.75) is 53.5 Å². The lowest BCUT2D eigenvalue weighted by molar-refractivity contribution is -0.122. The van der Waals surface area contributed by atoms with E-state index in [1.807, 2.05) is 20.8 Å². The third-order valence-electron chi connectivity index (χ3n) is 2.96. The summed E-state index contributed by atoms with van der Waals surface area (Å²) in [4.78, 5) is 13.6. The van der Waals surface area contributed by atoms with Crippen molar-refractivity contribution in [1.82, 2.24) is 4.90 Å². The monoisotopic (exact) mass is 237 g/mol. The molecule has 1 aliphatic rings. The number of piperidine rings is 1. The first-order valence-corrected chi connectivity index (χ1v) is 6.71. The average Bonchev–Trinajstić information content (AvgIpc) is 2.34. The molecule has 0 N–H and O–H groups in total. The van der Waals surface area contributed by atoms with Gasteiger partial charge in [0.05, 0.1) is 0 Å². The normalized spacial score (nSPS) is 22.5. The van der Waals surface area contributed by atoms with Crippen LogP contribution in [0.25, 0.3) is 0 Å². The molecule has 0 aliphatic carbocycles. The summed E-state index contributed by atoms with van der Waals surface area (Å²) in [5.74, 6) is 0.409. The average molecular weight is 237 g/mol. The summed E-state index contributed by atoms with van der Waals surface area (Å²) < 4.78 is 0. The van der Waals surface area contributed by atoms with Gasteiger partial charge in [0.15, 0.2) is 0 Å². The fourth-order valence-electron chi connectivity index (χ4n) is 1.97. The number of likely N-dealkylation sites (tertiary alicyclic amines) is 1. The van der Waals surface area contributed by atoms with Crippen LogP contribution in [0.15, 0.2) is 23.8 Å². The number of Topliss-reactive ketones (excluding diaryl/α,β-unsaturated/α-hetero) is 1. The summed E-state index contributed by atoms with van der Waals surface area (Å²) in [5, 5.41) is 0. The minimum Gasteiger partial charge on any atom is -0.300 e. The van der Waals surface area contributed by atoms with Gasteiger partial charge in [-0.15, -0.1) is 0 Å². The Hall–Kier alpha value is -0.890. The molecule has 1 unspecified atom stereocenters. The zero-order valence-electron chi connectivity index (χ0n) is 12.0. The van der Waals surface area contributed by atoms with E-state index in [1.165, 1.54) is 5.57 Å². The molecule has 2 heteroatoms. The maximum Gasteiger partial charge on any atom is 0.135 e. The van der Waals surface area contributed by atoms with E-state index >= 15 is 0 Å². The minimum absolute atomic E-state index is 0.395. The van der Waals surface area contributed by atoms with E-state index < -0.39 is 0 Å². The van der Waals surface area contributed by atoms with Crippen molar-refractivity contribution in [1.29, 1.82) is 0 Å². The van der Waals surface area contributed by atoms with Gasteiger partial charge in [-0.25, -0.2) is 0 Å². The SMILES string of the molecule is C/C=C\C(=C/C)CN1CCC(=O)CC1C.CC. The van der Waals surface area contributed by atoms with E-state index in [2.05, 4.69) is 37.0 Å². The van der Waals surface area contributed by atoms with Gasteiger partial charge in [0, 0.05) is 32.0 Å². The van der Waals surface area contributed by atoms with Crippen molar-refractivity contribution in [2.75, 3.05) is 13.1 Å². The second-order valence-corrected chi connectivity index (χ2v) is 4.18. The predicted molar refractivity (Wildman–Crippen MR) is 75.2 cm³/mol. The molecule has 17 heavy (non-hydrogen) atoms. The maximum atomic E-state index is 11.2. The third kappa shape index (κ3) is 5.83. The summed E-state index contributed by atoms with van der Waals surface area (Å²) in [7, 11) is 0. The third-order valence-corrected chi connectivity index (χ3v) is 2.96. The zero-order valence-corrected chi connectivity index (χ0v) is 12.0. The van der Waals surface area contributed by atoms with Gasteiger partial charge in [-0.05, 0) is 26.3 Å². The smallest absolute Gasteiger partial charge is 0.135 e. The van der Waals surface area contributed by atoms with E-state index in [0.29, 0.717) is 18.2 Å². The van der Waals surface area contributed by atoms with Gasteiger partial charge in [0.1, 0.15) is 5.78 Å². The molecule has 1 rings (SSSR count). The van der Waals surface area contributed by atoms with Gasteiger partial charge in [-0.2, -0.15) is 0 Å². The minimum atomic E-state index is 0.395. The number of nitrogens with zero attached hydrogens (tertiary/aromatic N) is 1. The Morgan fingerprint density at radius 2 is 2.06 bits per heavy atom. The van der Waals surface area contributed by atoms with Gasteiger partial charge in [-0.1, -0.05) is 32.1 Å². The Labute approximate surface area is 106 Å². The van der Waals surface area contributed by atoms with Crippen molar-refractivity contribution in [3.63, 3.8) is 0 Å². The number of hydrogen-bond acceptors (Lipinski definition) is 2. The summed E-state index contributed by atoms with van der Waals surface area (Å²) in [6.45, 7) is 12.1. The summed E-state index contributed by atoms with van der Waals surface area (Å²) in [5.41, 5.74) is 1.33. The topological polar surface area (TPSA) is 20.3 Å². The summed E-state index contributed by atoms with van der Waals surface area (Å²) in [6, 6.07) is 0.395. The predicted octanol–water partition coefficient (Wildman–Crippen LogP) is 3.59. The van der Waals surface area contributed by atoms with Crippen LogP contribution in [0.2, 0.25) is 0 Å². The van der Waals surface area contributed by atoms with Crippen LogP contribution in [0, 0.1) is 0 Å². The van der Waals surface area contributed by atoms with Crippen molar-refractivity contribution in [3.8, 4) is 0 Å². The highest BCUT2D eigenvalue weighted by Gasteiger charge is 2.23. The quantitative estimate of drug-likeness (QED) is 0.699. The Balaban J connectivity index is 0.00000121. The second kappa shape index (κ2) is 9.17. The highest BCUT2D eigenvalue weighted by molar-refractivity contribution is 5.79. The molecule has 2 nitrogen and oxygen atoms in total. The molecule has 0 bridgehead atoms. The Morgan fingerprint density at radius 3 is 2.53 bits per heavy atom. The molecule has 98 valence electrons. The first kappa shape index (κ1) is 16.1. The number of allylic oxidation sites excluding steroid dienone is 2. The van der Waals surface area contributed by atoms with Crippen LogP contribution in [-0.2, 0) is 4.79 Å². The van der Waals surface area contributed by atoms with Gasteiger partial charge >= 0.3 is 0 Å². The largest absolute Gasteiger partial charge is 0.300 e. The standard InChI is InChI=1S/C13H21NO.C2H6/c1-4-6-12(5-2)10-14-8-7-13(15)9-11(14)3;1-2/h4-6,11H,7-10H2,1-3H3;1-2H3/b6-4-,12-5+;. The van der Waals surface area contributed by atoms with Crippen molar-refractivity contribution in [2.24, 2.45) is 0 Å². The molecule has 0 spiro atoms. The molecule has 0 amide bonds. The maximum absolute atomic E-state index is 11.2. The lowest BCUT2D eigenvalue weighted by atomic mass is 10.0. The molecule has 0 aromatic rings. The molecule has 1 aliphatic heterocycles. The van der Waals surface area contributed by atoms with Gasteiger partial charge in [0.25, 0.3) is 0 Å². The van der Waals surface area contributed by atoms with Crippen LogP contribution >= 0.6 is 0 Å². The van der Waals surface area contributed by atoms with Gasteiger partial charge < -0.3 is 0 Å². The lowest BCUT2D eigenvalue weighted by Crippen LogP contribution is -2.41. The summed E-state index contributed by atoms with van der Waals surface area (Å²) >= 11 is 0. The van der Waals surface area contributed by atoms with E-state index in [1.54, 1.807) is 0 Å². The molecule has 1 atom stereocenters. The van der Waals surface area contributed by atoms with Crippen LogP contribution in [-0.4, -0.2) is 29.8 Å². The highest BCUT2D eigenvalue weighted by atomic mass is 16.1. The molecule has 0 saturated carbocycles. The van der Waals surface area contributed by atoms with Crippen molar-refractivity contribution in [3.05, 3.63) is 23.8 Å². The molecule has 0 aromatic carbocycles. The van der Waals surface area contributed by atoms with Gasteiger partial charge in [0.2, 0.25) is 0 Å². The number of hydrogen-bond donors (Lipinski definition) is 0. The van der Waals surface area contributed by atoms with Crippen LogP contribution < -0.4 is 0 Å². The fraction of sp³-hybridized carbons (Fsp3) is 0.667. The second-order valence-electron chi connectivity index (χ2n) is 4.18. The number of ketones is 1. The fourth-order valence-corrected chi connectivity index (χ4v) is 1.97. The lowest BCUT2D eigenvalue weighted by Gasteiger charge is -2.32. The van der Waals surface area contributed by atoms with Crippen LogP contribution in [0.1, 0.15) is 47.5 Å². The summed E-state index contributed by atoms with van der Waals surface area (Å²) in [6.07, 6.45) is 7.78. The van der Waals surface area contributed by atoms with E-state index in [9.17, 15) is 4.79 Å². The van der Waals surface area contributed by atoms with Gasteiger partial charge in [-0.3, -0.25) is 9.69 Å². The zero-order chi connectivity index (χ0) is 13.3. The first-order valence-electron chi connectivity index (χ1n) is 6.71. The van der Waals surface area contributed by atoms with E-state index in [-0.39, 0.29) is 0 Å². The van der Waals surface area contributed by atoms with Crippen LogP contribution in [0.5, 0.6) is 0 Å². The molecule has 0 aromatic heterocycles. The molecule has 1 fully saturated rings. The van der Waals surface area contributed by atoms with E-state index in [4.69, 9.17) is 0 Å². The van der Waals surface area contributed by atoms with E-state index in [0.717, 1.165) is 19.5 Å². The Kier molecular flexibility index (Phi) is 8.69. The van der Waals surface area contributed by atoms with Crippen molar-refractivity contribution >= 4 is 5.78 Å². The Morgan fingerprint density at radius 1 is 1.41 bits per heavy atom. The molecule has 1 saturated heterocycles. The van der Waals surface area contributed by atoms with Crippen LogP contribution in [0.3, 0.4) is 0 Å². The highest BCUT2D eigenvalue weighted by Crippen LogP contribution is 2.15. The molecule has 0 radical (unpaired) electrons. The number of carbonyl (C=O) groups is 1. The number of rotatable bonds is 3. The molecular formula is C15H27NO. The van der Waals surface area contributed by atoms with Crippen LogP contribution in [0.4, 0.5) is 0 Å².